The number of hydrogen-bond acceptors (Lipinski definition) is 4. The van der Waals surface area contributed by atoms with Crippen LogP contribution in [0.2, 0.25) is 18.1 Å². The van der Waals surface area contributed by atoms with Gasteiger partial charge in [0.25, 0.3) is 0 Å². The van der Waals surface area contributed by atoms with Crippen LogP contribution in [0.15, 0.2) is 24.3 Å². The fourth-order valence-electron chi connectivity index (χ4n) is 5.20. The quantitative estimate of drug-likeness (QED) is 0.465. The Bertz CT molecular complexity index is 1040. The highest BCUT2D eigenvalue weighted by atomic mass is 28.4. The number of hydrogen-bond donors (Lipinski definition) is 1. The van der Waals surface area contributed by atoms with Gasteiger partial charge in [-0.05, 0) is 54.4 Å². The Morgan fingerprint density at radius 2 is 1.94 bits per heavy atom. The van der Waals surface area contributed by atoms with Crippen molar-refractivity contribution in [2.75, 3.05) is 20.3 Å². The smallest absolute Gasteiger partial charge is 0.305 e. The molecule has 6 nitrogen and oxygen atoms in total. The zero-order chi connectivity index (χ0) is 24.0. The van der Waals surface area contributed by atoms with Crippen molar-refractivity contribution < 1.29 is 18.8 Å². The van der Waals surface area contributed by atoms with Crippen LogP contribution in [0.25, 0.3) is 10.9 Å². The summed E-state index contributed by atoms with van der Waals surface area (Å²) in [5.74, 6) is 0.333. The van der Waals surface area contributed by atoms with Gasteiger partial charge in [0.15, 0.2) is 8.32 Å². The Morgan fingerprint density at radius 1 is 1.21 bits per heavy atom. The largest absolute Gasteiger partial charge is 0.469 e. The summed E-state index contributed by atoms with van der Waals surface area (Å²) in [4.78, 5) is 31.0. The predicted octanol–water partition coefficient (Wildman–Crippen LogP) is 5.20. The van der Waals surface area contributed by atoms with Gasteiger partial charge in [0.2, 0.25) is 5.91 Å². The van der Waals surface area contributed by atoms with Gasteiger partial charge in [-0.25, -0.2) is 0 Å². The van der Waals surface area contributed by atoms with E-state index in [1.165, 1.54) is 12.8 Å². The molecule has 3 heterocycles. The third kappa shape index (κ3) is 4.62. The van der Waals surface area contributed by atoms with E-state index < -0.39 is 8.32 Å². The Morgan fingerprint density at radius 3 is 2.64 bits per heavy atom. The number of nitrogens with one attached hydrogen (secondary N) is 1. The molecule has 4 rings (SSSR count). The van der Waals surface area contributed by atoms with Gasteiger partial charge in [-0.15, -0.1) is 0 Å². The van der Waals surface area contributed by atoms with E-state index in [9.17, 15) is 9.59 Å². The summed E-state index contributed by atoms with van der Waals surface area (Å²) in [5.41, 5.74) is 3.40. The normalized spacial score (nSPS) is 23.4. The first-order valence-electron chi connectivity index (χ1n) is 12.1. The van der Waals surface area contributed by atoms with Gasteiger partial charge < -0.3 is 19.0 Å². The van der Waals surface area contributed by atoms with Crippen molar-refractivity contribution in [2.24, 2.45) is 11.8 Å². The number of aromatic amines is 1. The molecule has 0 aliphatic carbocycles. The Hall–Kier alpha value is -2.12. The molecule has 1 amide bonds. The number of nitrogens with zero attached hydrogens (tertiary/aromatic N) is 1. The SMILES string of the molecule is COC(=O)C[C@H]1CN2C(=O)Cc3c([nH]c4ccccc34)[C@@H]2C[C@@H]1CCO[Si](C)(C)C(C)(C)C. The van der Waals surface area contributed by atoms with Crippen LogP contribution in [-0.4, -0.2) is 50.3 Å². The number of carbonyl (C=O) groups is 2. The number of carbonyl (C=O) groups excluding carboxylic acids is 2. The number of para-hydroxylation sites is 1. The van der Waals surface area contributed by atoms with Crippen molar-refractivity contribution in [2.45, 2.75) is 70.6 Å². The molecule has 1 saturated heterocycles. The third-order valence-corrected chi connectivity index (χ3v) is 12.8. The second-order valence-electron chi connectivity index (χ2n) is 11.2. The summed E-state index contributed by atoms with van der Waals surface area (Å²) in [6.07, 6.45) is 2.49. The molecule has 33 heavy (non-hydrogen) atoms. The van der Waals surface area contributed by atoms with E-state index in [1.807, 2.05) is 17.0 Å². The van der Waals surface area contributed by atoms with E-state index in [4.69, 9.17) is 9.16 Å². The zero-order valence-electron chi connectivity index (χ0n) is 20.9. The molecule has 0 unspecified atom stereocenters. The average Bonchev–Trinajstić information content (AvgIpc) is 3.12. The fourth-order valence-corrected chi connectivity index (χ4v) is 6.26. The lowest BCUT2D eigenvalue weighted by Crippen LogP contribution is -2.49. The van der Waals surface area contributed by atoms with E-state index >= 15 is 0 Å². The second kappa shape index (κ2) is 8.91. The molecule has 0 bridgehead atoms. The topological polar surface area (TPSA) is 71.6 Å². The molecule has 1 N–H and O–H groups in total. The van der Waals surface area contributed by atoms with Crippen LogP contribution in [-0.2, 0) is 25.2 Å². The number of ether oxygens (including phenoxy) is 1. The predicted molar refractivity (Wildman–Crippen MR) is 132 cm³/mol. The number of amides is 1. The van der Waals surface area contributed by atoms with Gasteiger partial charge in [-0.3, -0.25) is 9.59 Å². The lowest BCUT2D eigenvalue weighted by Gasteiger charge is -2.46. The molecule has 0 spiro atoms. The van der Waals surface area contributed by atoms with Crippen LogP contribution < -0.4 is 0 Å². The molecule has 1 aromatic carbocycles. The standard InChI is InChI=1S/C26H38N2O4Si/c1-26(2,3)33(5,6)32-12-11-17-13-22-25-20(19-9-7-8-10-21(19)27-25)15-23(29)28(22)16-18(17)14-24(30)31-4/h7-10,17-18,22,27H,11-16H2,1-6H3/t17-,18-,22-/m0/s1. The van der Waals surface area contributed by atoms with Crippen LogP contribution >= 0.6 is 0 Å². The number of benzene rings is 1. The lowest BCUT2D eigenvalue weighted by atomic mass is 9.75. The van der Waals surface area contributed by atoms with Crippen molar-refractivity contribution in [1.82, 2.24) is 9.88 Å². The summed E-state index contributed by atoms with van der Waals surface area (Å²) in [5, 5.41) is 1.31. The highest BCUT2D eigenvalue weighted by Gasteiger charge is 2.44. The second-order valence-corrected chi connectivity index (χ2v) is 16.0. The number of rotatable bonds is 6. The zero-order valence-corrected chi connectivity index (χ0v) is 21.9. The first kappa shape index (κ1) is 24.0. The molecule has 2 aromatic rings. The Balaban J connectivity index is 1.58. The van der Waals surface area contributed by atoms with Gasteiger partial charge in [-0.1, -0.05) is 39.0 Å². The number of H-pyrrole nitrogens is 1. The molecule has 0 saturated carbocycles. The van der Waals surface area contributed by atoms with Gasteiger partial charge in [0.1, 0.15) is 0 Å². The van der Waals surface area contributed by atoms with E-state index in [1.54, 1.807) is 0 Å². The van der Waals surface area contributed by atoms with Gasteiger partial charge in [-0.2, -0.15) is 0 Å². The van der Waals surface area contributed by atoms with E-state index in [-0.39, 0.29) is 28.9 Å². The average molecular weight is 471 g/mol. The van der Waals surface area contributed by atoms with E-state index in [0.717, 1.165) is 29.3 Å². The Kier molecular flexibility index (Phi) is 6.48. The van der Waals surface area contributed by atoms with Gasteiger partial charge in [0.05, 0.1) is 26.0 Å². The van der Waals surface area contributed by atoms with Crippen molar-refractivity contribution in [3.63, 3.8) is 0 Å². The van der Waals surface area contributed by atoms with Crippen LogP contribution in [0.4, 0.5) is 0 Å². The first-order valence-corrected chi connectivity index (χ1v) is 15.0. The lowest BCUT2D eigenvalue weighted by molar-refractivity contribution is -0.146. The molecular weight excluding hydrogens is 432 g/mol. The Labute approximate surface area is 198 Å². The van der Waals surface area contributed by atoms with Crippen LogP contribution in [0.3, 0.4) is 0 Å². The minimum Gasteiger partial charge on any atom is -0.469 e. The van der Waals surface area contributed by atoms with Crippen LogP contribution in [0.5, 0.6) is 0 Å². The first-order chi connectivity index (χ1) is 15.5. The van der Waals surface area contributed by atoms with E-state index in [2.05, 4.69) is 51.0 Å². The molecule has 3 atom stereocenters. The highest BCUT2D eigenvalue weighted by Crippen LogP contribution is 2.45. The number of fused-ring (bicyclic) bond motifs is 5. The van der Waals surface area contributed by atoms with Crippen LogP contribution in [0, 0.1) is 11.8 Å². The maximum absolute atomic E-state index is 13.2. The number of aromatic nitrogens is 1. The van der Waals surface area contributed by atoms with Gasteiger partial charge >= 0.3 is 5.97 Å². The van der Waals surface area contributed by atoms with Crippen molar-refractivity contribution in [1.29, 1.82) is 0 Å². The minimum atomic E-state index is -1.84. The summed E-state index contributed by atoms with van der Waals surface area (Å²) in [6, 6.07) is 8.26. The monoisotopic (exact) mass is 470 g/mol. The summed E-state index contributed by atoms with van der Waals surface area (Å²) < 4.78 is 11.5. The number of piperidine rings is 1. The molecule has 7 heteroatoms. The maximum atomic E-state index is 13.2. The van der Waals surface area contributed by atoms with Crippen molar-refractivity contribution >= 4 is 31.1 Å². The molecule has 180 valence electrons. The summed E-state index contributed by atoms with van der Waals surface area (Å²) >= 11 is 0. The van der Waals surface area contributed by atoms with Crippen LogP contribution in [0.1, 0.15) is 57.3 Å². The number of methoxy groups -OCH3 is 1. The molecule has 2 aliphatic heterocycles. The van der Waals surface area contributed by atoms with E-state index in [0.29, 0.717) is 31.9 Å². The molecule has 0 radical (unpaired) electrons. The highest BCUT2D eigenvalue weighted by molar-refractivity contribution is 6.74. The molecule has 1 fully saturated rings. The molecule has 2 aliphatic rings. The molecular formula is C26H38N2O4Si. The fraction of sp³-hybridized carbons (Fsp3) is 0.615. The third-order valence-electron chi connectivity index (χ3n) is 8.24. The number of esters is 1. The summed E-state index contributed by atoms with van der Waals surface area (Å²) in [6.45, 7) is 12.6. The van der Waals surface area contributed by atoms with Crippen molar-refractivity contribution in [3.05, 3.63) is 35.5 Å². The summed E-state index contributed by atoms with van der Waals surface area (Å²) in [7, 11) is -0.401. The minimum absolute atomic E-state index is 0.0282. The maximum Gasteiger partial charge on any atom is 0.305 e. The van der Waals surface area contributed by atoms with Crippen molar-refractivity contribution in [3.8, 4) is 0 Å². The van der Waals surface area contributed by atoms with Gasteiger partial charge in [0, 0.05) is 29.7 Å². The molecule has 1 aromatic heterocycles.